The molecule has 0 aliphatic carbocycles. The summed E-state index contributed by atoms with van der Waals surface area (Å²) in [4.78, 5) is 19.1. The predicted octanol–water partition coefficient (Wildman–Crippen LogP) is 3.47. The van der Waals surface area contributed by atoms with Gasteiger partial charge in [0.25, 0.3) is 0 Å². The SMILES string of the molecule is CCOC(=O)C1=C(C)N=C2SC=CN2[C@H]1c1ccc(OC)c(OC)c1. The Bertz CT molecular complexity index is 785. The van der Waals surface area contributed by atoms with Gasteiger partial charge in [-0.15, -0.1) is 0 Å². The quantitative estimate of drug-likeness (QED) is 0.750. The lowest BCUT2D eigenvalue weighted by Gasteiger charge is -2.33. The number of rotatable bonds is 5. The minimum atomic E-state index is -0.354. The first kappa shape index (κ1) is 17.4. The maximum Gasteiger partial charge on any atom is 0.338 e. The molecule has 0 spiro atoms. The normalized spacial score (nSPS) is 18.8. The number of amidine groups is 1. The Morgan fingerprint density at radius 1 is 1.28 bits per heavy atom. The summed E-state index contributed by atoms with van der Waals surface area (Å²) in [5, 5.41) is 2.79. The first-order chi connectivity index (χ1) is 12.1. The van der Waals surface area contributed by atoms with Crippen molar-refractivity contribution in [3.63, 3.8) is 0 Å². The van der Waals surface area contributed by atoms with Crippen molar-refractivity contribution in [3.05, 3.63) is 46.6 Å². The number of methoxy groups -OCH3 is 2. The van der Waals surface area contributed by atoms with Gasteiger partial charge in [0.05, 0.1) is 38.1 Å². The zero-order chi connectivity index (χ0) is 18.0. The largest absolute Gasteiger partial charge is 0.493 e. The number of ether oxygens (including phenoxy) is 3. The number of carbonyl (C=O) groups is 1. The lowest BCUT2D eigenvalue weighted by Crippen LogP contribution is -2.34. The van der Waals surface area contributed by atoms with Crippen molar-refractivity contribution in [1.29, 1.82) is 0 Å². The molecule has 0 N–H and O–H groups in total. The van der Waals surface area contributed by atoms with Crippen LogP contribution in [0.2, 0.25) is 0 Å². The number of allylic oxidation sites excluding steroid dienone is 1. The Hall–Kier alpha value is -2.41. The second-order valence-electron chi connectivity index (χ2n) is 5.44. The van der Waals surface area contributed by atoms with Gasteiger partial charge >= 0.3 is 5.97 Å². The Balaban J connectivity index is 2.11. The van der Waals surface area contributed by atoms with Gasteiger partial charge in [0.15, 0.2) is 16.7 Å². The van der Waals surface area contributed by atoms with Crippen LogP contribution < -0.4 is 9.47 Å². The maximum atomic E-state index is 12.6. The third-order valence-corrected chi connectivity index (χ3v) is 4.81. The highest BCUT2D eigenvalue weighted by atomic mass is 32.2. The number of nitrogens with zero attached hydrogens (tertiary/aromatic N) is 2. The van der Waals surface area contributed by atoms with Gasteiger partial charge < -0.3 is 19.1 Å². The highest BCUT2D eigenvalue weighted by Gasteiger charge is 2.37. The van der Waals surface area contributed by atoms with E-state index in [1.807, 2.05) is 41.6 Å². The first-order valence-electron chi connectivity index (χ1n) is 7.90. The molecule has 0 aromatic heterocycles. The number of benzene rings is 1. The number of aliphatic imine (C=N–C) groups is 1. The molecule has 0 amide bonds. The van der Waals surface area contributed by atoms with Gasteiger partial charge in [-0.2, -0.15) is 0 Å². The van der Waals surface area contributed by atoms with Crippen molar-refractivity contribution in [1.82, 2.24) is 4.90 Å². The maximum absolute atomic E-state index is 12.6. The lowest BCUT2D eigenvalue weighted by atomic mass is 9.94. The van der Waals surface area contributed by atoms with Crippen molar-refractivity contribution in [2.24, 2.45) is 4.99 Å². The molecular formula is C18H20N2O4S. The van der Waals surface area contributed by atoms with E-state index in [9.17, 15) is 4.79 Å². The molecule has 0 radical (unpaired) electrons. The standard InChI is InChI=1S/C18H20N2O4S/c1-5-24-17(21)15-11(2)19-18-20(8-9-25-18)16(15)12-6-7-13(22-3)14(10-12)23-4/h6-10,16H,5H2,1-4H3/t16-/m0/s1. The topological polar surface area (TPSA) is 60.4 Å². The Kier molecular flexibility index (Phi) is 5.03. The van der Waals surface area contributed by atoms with Crippen molar-refractivity contribution in [2.75, 3.05) is 20.8 Å². The molecule has 1 atom stereocenters. The molecule has 132 valence electrons. The summed E-state index contributed by atoms with van der Waals surface area (Å²) in [6.07, 6.45) is 1.93. The molecule has 0 saturated heterocycles. The fraction of sp³-hybridized carbons (Fsp3) is 0.333. The average molecular weight is 360 g/mol. The Morgan fingerprint density at radius 3 is 2.72 bits per heavy atom. The van der Waals surface area contributed by atoms with Crippen molar-refractivity contribution >= 4 is 22.9 Å². The van der Waals surface area contributed by atoms with E-state index in [0.29, 0.717) is 29.4 Å². The van der Waals surface area contributed by atoms with Crippen LogP contribution in [-0.2, 0) is 9.53 Å². The summed E-state index contributed by atoms with van der Waals surface area (Å²) in [6.45, 7) is 3.95. The van der Waals surface area contributed by atoms with Gasteiger partial charge in [-0.05, 0) is 37.0 Å². The molecular weight excluding hydrogens is 340 g/mol. The summed E-state index contributed by atoms with van der Waals surface area (Å²) in [6, 6.07) is 5.33. The smallest absolute Gasteiger partial charge is 0.338 e. The van der Waals surface area contributed by atoms with Crippen LogP contribution in [0.5, 0.6) is 11.5 Å². The number of carbonyl (C=O) groups excluding carboxylic acids is 1. The minimum Gasteiger partial charge on any atom is -0.493 e. The highest BCUT2D eigenvalue weighted by Crippen LogP contribution is 2.42. The molecule has 0 saturated carbocycles. The molecule has 2 heterocycles. The van der Waals surface area contributed by atoms with Crippen LogP contribution in [-0.4, -0.2) is 36.9 Å². The number of hydrogen-bond acceptors (Lipinski definition) is 7. The van der Waals surface area contributed by atoms with E-state index in [0.717, 1.165) is 10.7 Å². The molecule has 25 heavy (non-hydrogen) atoms. The third kappa shape index (κ3) is 3.11. The lowest BCUT2D eigenvalue weighted by molar-refractivity contribution is -0.139. The van der Waals surface area contributed by atoms with Crippen LogP contribution in [0.3, 0.4) is 0 Å². The van der Waals surface area contributed by atoms with Crippen LogP contribution >= 0.6 is 11.8 Å². The number of thioether (sulfide) groups is 1. The third-order valence-electron chi connectivity index (χ3n) is 4.04. The van der Waals surface area contributed by atoms with Gasteiger partial charge in [-0.1, -0.05) is 17.8 Å². The molecule has 1 aromatic carbocycles. The van der Waals surface area contributed by atoms with E-state index < -0.39 is 0 Å². The fourth-order valence-electron chi connectivity index (χ4n) is 2.92. The van der Waals surface area contributed by atoms with E-state index >= 15 is 0 Å². The van der Waals surface area contributed by atoms with Crippen molar-refractivity contribution < 1.29 is 19.0 Å². The number of hydrogen-bond donors (Lipinski definition) is 0. The Morgan fingerprint density at radius 2 is 2.04 bits per heavy atom. The van der Waals surface area contributed by atoms with Crippen LogP contribution in [0.1, 0.15) is 25.5 Å². The summed E-state index contributed by atoms with van der Waals surface area (Å²) >= 11 is 1.53. The van der Waals surface area contributed by atoms with Gasteiger partial charge in [0.1, 0.15) is 0 Å². The van der Waals surface area contributed by atoms with E-state index in [1.165, 1.54) is 11.8 Å². The average Bonchev–Trinajstić information content (AvgIpc) is 3.07. The molecule has 0 bridgehead atoms. The summed E-state index contributed by atoms with van der Waals surface area (Å²) < 4.78 is 16.0. The monoisotopic (exact) mass is 360 g/mol. The van der Waals surface area contributed by atoms with Gasteiger partial charge in [-0.25, -0.2) is 9.79 Å². The summed E-state index contributed by atoms with van der Waals surface area (Å²) in [7, 11) is 3.19. The molecule has 0 fully saturated rings. The molecule has 6 nitrogen and oxygen atoms in total. The molecule has 2 aliphatic heterocycles. The van der Waals surface area contributed by atoms with Gasteiger partial charge in [0.2, 0.25) is 0 Å². The van der Waals surface area contributed by atoms with Crippen molar-refractivity contribution in [2.45, 2.75) is 19.9 Å². The van der Waals surface area contributed by atoms with E-state index in [2.05, 4.69) is 4.99 Å². The predicted molar refractivity (Wildman–Crippen MR) is 97.6 cm³/mol. The molecule has 2 aliphatic rings. The zero-order valence-electron chi connectivity index (χ0n) is 14.6. The van der Waals surface area contributed by atoms with Crippen LogP contribution in [0.25, 0.3) is 0 Å². The first-order valence-corrected chi connectivity index (χ1v) is 8.78. The van der Waals surface area contributed by atoms with Crippen LogP contribution in [0, 0.1) is 0 Å². The molecule has 3 rings (SSSR count). The van der Waals surface area contributed by atoms with Crippen LogP contribution in [0.15, 0.2) is 46.1 Å². The molecule has 7 heteroatoms. The van der Waals surface area contributed by atoms with Gasteiger partial charge in [0, 0.05) is 6.20 Å². The van der Waals surface area contributed by atoms with E-state index in [1.54, 1.807) is 21.1 Å². The second-order valence-corrected chi connectivity index (χ2v) is 6.31. The zero-order valence-corrected chi connectivity index (χ0v) is 15.4. The van der Waals surface area contributed by atoms with E-state index in [4.69, 9.17) is 14.2 Å². The van der Waals surface area contributed by atoms with Crippen LogP contribution in [0.4, 0.5) is 0 Å². The summed E-state index contributed by atoms with van der Waals surface area (Å²) in [5.74, 6) is 0.898. The summed E-state index contributed by atoms with van der Waals surface area (Å²) in [5.41, 5.74) is 2.10. The highest BCUT2D eigenvalue weighted by molar-refractivity contribution is 8.16. The molecule has 0 unspecified atom stereocenters. The van der Waals surface area contributed by atoms with Crippen molar-refractivity contribution in [3.8, 4) is 11.5 Å². The minimum absolute atomic E-state index is 0.315. The van der Waals surface area contributed by atoms with E-state index in [-0.39, 0.29) is 12.0 Å². The Labute approximate surface area is 151 Å². The number of esters is 1. The number of fused-ring (bicyclic) bond motifs is 1. The van der Waals surface area contributed by atoms with Gasteiger partial charge in [-0.3, -0.25) is 0 Å². The fourth-order valence-corrected chi connectivity index (χ4v) is 3.71. The molecule has 1 aromatic rings. The second kappa shape index (κ2) is 7.23.